The molecule has 0 aromatic heterocycles. The van der Waals surface area contributed by atoms with Crippen LogP contribution in [0.3, 0.4) is 0 Å². The van der Waals surface area contributed by atoms with Crippen molar-refractivity contribution in [2.75, 3.05) is 0 Å². The van der Waals surface area contributed by atoms with Crippen LogP contribution in [-0.4, -0.2) is 22.4 Å². The standard InChI is InChI=1S/C2H7OSi2/c1-5(2,3)4/h3H,1-2H3. The van der Waals surface area contributed by atoms with Crippen molar-refractivity contribution >= 4 is 17.6 Å². The van der Waals surface area contributed by atoms with Gasteiger partial charge in [0.1, 0.15) is 0 Å². The molecule has 0 unspecified atom stereocenters. The van der Waals surface area contributed by atoms with E-state index in [0.717, 1.165) is 0 Å². The fourth-order valence-electron chi connectivity index (χ4n) is 0. The van der Waals surface area contributed by atoms with Gasteiger partial charge in [0, 0.05) is 9.76 Å². The van der Waals surface area contributed by atoms with E-state index in [-0.39, 0.29) is 0 Å². The predicted molar refractivity (Wildman–Crippen MR) is 25.5 cm³/mol. The van der Waals surface area contributed by atoms with E-state index in [9.17, 15) is 0 Å². The monoisotopic (exact) mass is 103 g/mol. The first kappa shape index (κ1) is 5.39. The second-order valence-corrected chi connectivity index (χ2v) is 8.35. The smallest absolute Gasteiger partial charge is 0.160 e. The van der Waals surface area contributed by atoms with Gasteiger partial charge >= 0.3 is 0 Å². The van der Waals surface area contributed by atoms with Crippen molar-refractivity contribution in [2.24, 2.45) is 0 Å². The van der Waals surface area contributed by atoms with Crippen LogP contribution in [0.5, 0.6) is 0 Å². The molecule has 5 heavy (non-hydrogen) atoms. The molecule has 0 rings (SSSR count). The van der Waals surface area contributed by atoms with E-state index in [2.05, 4.69) is 9.76 Å². The van der Waals surface area contributed by atoms with E-state index < -0.39 is 7.83 Å². The predicted octanol–water partition coefficient (Wildman–Crippen LogP) is -0.151. The molecule has 0 aromatic rings. The quantitative estimate of drug-likeness (QED) is 0.423. The molecule has 0 aromatic carbocycles. The van der Waals surface area contributed by atoms with Gasteiger partial charge in [-0.15, -0.1) is 0 Å². The molecule has 1 N–H and O–H groups in total. The zero-order valence-corrected chi connectivity index (χ0v) is 5.45. The lowest BCUT2D eigenvalue weighted by Crippen LogP contribution is -2.24. The maximum atomic E-state index is 8.57. The van der Waals surface area contributed by atoms with Gasteiger partial charge in [-0.1, -0.05) is 0 Å². The van der Waals surface area contributed by atoms with Gasteiger partial charge < -0.3 is 4.80 Å². The Morgan fingerprint density at radius 2 is 1.60 bits per heavy atom. The van der Waals surface area contributed by atoms with Crippen LogP contribution in [0, 0.1) is 0 Å². The number of rotatable bonds is 0. The zero-order valence-electron chi connectivity index (χ0n) is 3.45. The van der Waals surface area contributed by atoms with Gasteiger partial charge in [0.2, 0.25) is 0 Å². The molecule has 0 saturated heterocycles. The fourth-order valence-corrected chi connectivity index (χ4v) is 0. The van der Waals surface area contributed by atoms with Gasteiger partial charge in [-0.05, 0) is 13.1 Å². The molecule has 0 fully saturated rings. The summed E-state index contributed by atoms with van der Waals surface area (Å²) >= 11 is 0. The molecule has 3 radical (unpaired) electrons. The highest BCUT2D eigenvalue weighted by molar-refractivity contribution is 7.11. The Hall–Kier alpha value is 0.394. The van der Waals surface area contributed by atoms with Gasteiger partial charge in [-0.25, -0.2) is 0 Å². The molecule has 3 heteroatoms. The van der Waals surface area contributed by atoms with Crippen molar-refractivity contribution < 1.29 is 4.80 Å². The van der Waals surface area contributed by atoms with Gasteiger partial charge in [0.05, 0.1) is 0 Å². The molecular formula is C2H7OSi2. The van der Waals surface area contributed by atoms with Crippen LogP contribution in [0.4, 0.5) is 0 Å². The Morgan fingerprint density at radius 3 is 1.60 bits per heavy atom. The first-order valence-corrected chi connectivity index (χ1v) is 5.92. The van der Waals surface area contributed by atoms with Gasteiger partial charge in [0.15, 0.2) is 7.83 Å². The van der Waals surface area contributed by atoms with E-state index in [1.165, 1.54) is 0 Å². The highest BCUT2D eigenvalue weighted by Crippen LogP contribution is 1.81. The first-order valence-electron chi connectivity index (χ1n) is 1.47. The van der Waals surface area contributed by atoms with E-state index in [1.807, 2.05) is 0 Å². The molecule has 0 atom stereocenters. The third-order valence-corrected chi connectivity index (χ3v) is 0. The second kappa shape index (κ2) is 1.24. The van der Waals surface area contributed by atoms with Crippen LogP contribution < -0.4 is 0 Å². The molecule has 0 aliphatic heterocycles. The molecule has 0 aliphatic carbocycles. The SMILES string of the molecule is C[Si](C)(O)[Si]. The van der Waals surface area contributed by atoms with Crippen LogP contribution in [0.2, 0.25) is 13.1 Å². The lowest BCUT2D eigenvalue weighted by Gasteiger charge is -1.99. The largest absolute Gasteiger partial charge is 0.436 e. The maximum absolute atomic E-state index is 8.57. The summed E-state index contributed by atoms with van der Waals surface area (Å²) in [6.45, 7) is 3.59. The highest BCUT2D eigenvalue weighted by atomic mass is 29.2. The Labute approximate surface area is 36.4 Å². The molecule has 0 amide bonds. The van der Waals surface area contributed by atoms with Crippen molar-refractivity contribution in [2.45, 2.75) is 13.1 Å². The molecule has 0 spiro atoms. The van der Waals surface area contributed by atoms with Crippen molar-refractivity contribution in [3.8, 4) is 0 Å². The Balaban J connectivity index is 3.02. The van der Waals surface area contributed by atoms with Crippen LogP contribution in [0.1, 0.15) is 0 Å². The summed E-state index contributed by atoms with van der Waals surface area (Å²) in [6, 6.07) is 0. The van der Waals surface area contributed by atoms with Crippen molar-refractivity contribution in [3.63, 3.8) is 0 Å². The average molecular weight is 103 g/mol. The molecule has 0 bridgehead atoms. The van der Waals surface area contributed by atoms with Crippen molar-refractivity contribution in [1.29, 1.82) is 0 Å². The van der Waals surface area contributed by atoms with E-state index in [0.29, 0.717) is 0 Å². The minimum atomic E-state index is -1.81. The molecule has 0 aliphatic rings. The minimum Gasteiger partial charge on any atom is -0.436 e. The fraction of sp³-hybridized carbons (Fsp3) is 1.00. The van der Waals surface area contributed by atoms with Crippen LogP contribution in [0.25, 0.3) is 0 Å². The van der Waals surface area contributed by atoms with E-state index in [4.69, 9.17) is 4.80 Å². The summed E-state index contributed by atoms with van der Waals surface area (Å²) in [5, 5.41) is 0. The van der Waals surface area contributed by atoms with E-state index in [1.54, 1.807) is 13.1 Å². The average Bonchev–Trinajstić information content (AvgIpc) is 0.722. The highest BCUT2D eigenvalue weighted by Gasteiger charge is 2.03. The van der Waals surface area contributed by atoms with Crippen LogP contribution in [-0.2, 0) is 0 Å². The number of hydrogen-bond acceptors (Lipinski definition) is 1. The van der Waals surface area contributed by atoms with Gasteiger partial charge in [-0.3, -0.25) is 0 Å². The Kier molecular flexibility index (Phi) is 1.34. The van der Waals surface area contributed by atoms with E-state index >= 15 is 0 Å². The lowest BCUT2D eigenvalue weighted by atomic mass is 11.9. The summed E-state index contributed by atoms with van der Waals surface area (Å²) in [6.07, 6.45) is 0. The summed E-state index contributed by atoms with van der Waals surface area (Å²) in [5.74, 6) is 0. The van der Waals surface area contributed by atoms with Crippen LogP contribution in [0.15, 0.2) is 0 Å². The summed E-state index contributed by atoms with van der Waals surface area (Å²) in [4.78, 5) is 8.57. The molecule has 1 nitrogen and oxygen atoms in total. The van der Waals surface area contributed by atoms with Gasteiger partial charge in [-0.2, -0.15) is 0 Å². The molecule has 0 saturated carbocycles. The molecule has 0 heterocycles. The van der Waals surface area contributed by atoms with Crippen LogP contribution >= 0.6 is 0 Å². The third-order valence-electron chi connectivity index (χ3n) is 0. The normalized spacial score (nSPS) is 12.0. The second-order valence-electron chi connectivity index (χ2n) is 1.56. The molecule has 29 valence electrons. The first-order chi connectivity index (χ1) is 2.00. The summed E-state index contributed by atoms with van der Waals surface area (Å²) in [5.41, 5.74) is 0. The minimum absolute atomic E-state index is 1.80. The Bertz CT molecular complexity index is 23.1. The zero-order chi connectivity index (χ0) is 4.50. The summed E-state index contributed by atoms with van der Waals surface area (Å²) in [7, 11) is 1.31. The Morgan fingerprint density at radius 1 is 1.60 bits per heavy atom. The lowest BCUT2D eigenvalue weighted by molar-refractivity contribution is 0.577. The summed E-state index contributed by atoms with van der Waals surface area (Å²) < 4.78 is 0. The topological polar surface area (TPSA) is 20.2 Å². The van der Waals surface area contributed by atoms with Crippen molar-refractivity contribution in [3.05, 3.63) is 0 Å². The maximum Gasteiger partial charge on any atom is 0.160 e. The third kappa shape index (κ3) is 162. The molecular weight excluding hydrogens is 96.2 g/mol. The van der Waals surface area contributed by atoms with Gasteiger partial charge in [0.25, 0.3) is 0 Å². The van der Waals surface area contributed by atoms with Crippen molar-refractivity contribution in [1.82, 2.24) is 0 Å². The number of hydrogen-bond donors (Lipinski definition) is 1.